The number of benzene rings is 2. The van der Waals surface area contributed by atoms with Gasteiger partial charge in [-0.2, -0.15) is 0 Å². The van der Waals surface area contributed by atoms with Gasteiger partial charge in [-0.25, -0.2) is 0 Å². The van der Waals surface area contributed by atoms with Gasteiger partial charge < -0.3 is 0 Å². The average Bonchev–Trinajstić information content (AvgIpc) is 2.79. The van der Waals surface area contributed by atoms with Crippen LogP contribution in [0.3, 0.4) is 0 Å². The maximum absolute atomic E-state index is 4.75. The predicted octanol–water partition coefficient (Wildman–Crippen LogP) is 9.96. The molecule has 0 N–H and O–H groups in total. The maximum atomic E-state index is 4.75. The van der Waals surface area contributed by atoms with Gasteiger partial charge in [0.1, 0.15) is 0 Å². The van der Waals surface area contributed by atoms with E-state index in [0.29, 0.717) is 0 Å². The molecule has 0 atom stereocenters. The number of aromatic nitrogens is 1. The van der Waals surface area contributed by atoms with Gasteiger partial charge >= 0.3 is 0 Å². The van der Waals surface area contributed by atoms with E-state index in [1.165, 1.54) is 115 Å². The lowest BCUT2D eigenvalue weighted by Crippen LogP contribution is -1.93. The molecule has 0 unspecified atom stereocenters. The summed E-state index contributed by atoms with van der Waals surface area (Å²) in [6.45, 7) is 4.56. The largest absolute Gasteiger partial charge is 0.256 e. The number of unbranched alkanes of at least 4 members (excludes halogenated alkanes) is 10. The first-order valence-electron chi connectivity index (χ1n) is 12.7. The number of nitrogens with zero attached hydrogens (tertiary/aromatic N) is 1. The molecule has 2 heteroatoms. The highest BCUT2D eigenvalue weighted by molar-refractivity contribution is 9.10. The van der Waals surface area contributed by atoms with Crippen LogP contribution in [0.5, 0.6) is 0 Å². The molecule has 0 saturated heterocycles. The van der Waals surface area contributed by atoms with Crippen LogP contribution in [0.15, 0.2) is 41.0 Å². The lowest BCUT2D eigenvalue weighted by atomic mass is 9.98. The monoisotopic (exact) mass is 481 g/mol. The molecule has 2 aromatic carbocycles. The zero-order valence-corrected chi connectivity index (χ0v) is 21.3. The first-order valence-corrected chi connectivity index (χ1v) is 13.5. The van der Waals surface area contributed by atoms with Crippen LogP contribution < -0.4 is 0 Å². The van der Waals surface area contributed by atoms with Crippen LogP contribution in [-0.4, -0.2) is 4.98 Å². The summed E-state index contributed by atoms with van der Waals surface area (Å²) in [5, 5.41) is 3.90. The molecule has 0 fully saturated rings. The predicted molar refractivity (Wildman–Crippen MR) is 141 cm³/mol. The van der Waals surface area contributed by atoms with Crippen LogP contribution in [0.25, 0.3) is 21.7 Å². The Bertz CT molecular complexity index is 946. The minimum atomic E-state index is 1.10. The molecule has 0 aliphatic rings. The van der Waals surface area contributed by atoms with Gasteiger partial charge in [-0.15, -0.1) is 0 Å². The van der Waals surface area contributed by atoms with Crippen molar-refractivity contribution in [2.75, 3.05) is 0 Å². The second-order valence-corrected chi connectivity index (χ2v) is 9.94. The van der Waals surface area contributed by atoms with Crippen LogP contribution in [0.2, 0.25) is 0 Å². The van der Waals surface area contributed by atoms with Crippen molar-refractivity contribution in [2.45, 2.75) is 104 Å². The third kappa shape index (κ3) is 7.04. The lowest BCUT2D eigenvalue weighted by Gasteiger charge is -2.12. The van der Waals surface area contributed by atoms with Crippen molar-refractivity contribution in [1.29, 1.82) is 0 Å². The van der Waals surface area contributed by atoms with Crippen molar-refractivity contribution in [3.05, 3.63) is 52.1 Å². The van der Waals surface area contributed by atoms with Crippen molar-refractivity contribution in [3.63, 3.8) is 0 Å². The molecule has 3 aromatic rings. The Hall–Kier alpha value is -1.41. The zero-order chi connectivity index (χ0) is 21.9. The minimum Gasteiger partial charge on any atom is -0.256 e. The van der Waals surface area contributed by atoms with Crippen molar-refractivity contribution in [3.8, 4) is 0 Å². The quantitative estimate of drug-likeness (QED) is 0.165. The molecule has 168 valence electrons. The summed E-state index contributed by atoms with van der Waals surface area (Å²) in [6.07, 6.45) is 20.5. The summed E-state index contributed by atoms with van der Waals surface area (Å²) >= 11 is 3.97. The van der Waals surface area contributed by atoms with Crippen molar-refractivity contribution in [1.82, 2.24) is 4.98 Å². The third-order valence-corrected chi connectivity index (χ3v) is 7.45. The number of pyridine rings is 1. The fourth-order valence-corrected chi connectivity index (χ4v) is 5.35. The Kier molecular flexibility index (Phi) is 10.3. The van der Waals surface area contributed by atoms with E-state index >= 15 is 0 Å². The minimum absolute atomic E-state index is 1.10. The van der Waals surface area contributed by atoms with E-state index in [0.717, 1.165) is 11.9 Å². The van der Waals surface area contributed by atoms with E-state index in [1.54, 1.807) is 0 Å². The molecule has 0 saturated carbocycles. The topological polar surface area (TPSA) is 12.9 Å². The molecule has 0 radical (unpaired) electrons. The van der Waals surface area contributed by atoms with Crippen molar-refractivity contribution >= 4 is 37.6 Å². The average molecular weight is 483 g/mol. The Morgan fingerprint density at radius 2 is 1.35 bits per heavy atom. The Morgan fingerprint density at radius 3 is 2.06 bits per heavy atom. The van der Waals surface area contributed by atoms with Gasteiger partial charge in [0.2, 0.25) is 0 Å². The molecule has 0 spiro atoms. The number of aryl methyl sites for hydroxylation is 2. The summed E-state index contributed by atoms with van der Waals surface area (Å²) in [5.41, 5.74) is 3.99. The normalized spacial score (nSPS) is 11.6. The highest BCUT2D eigenvalue weighted by Gasteiger charge is 2.10. The van der Waals surface area contributed by atoms with Crippen molar-refractivity contribution in [2.24, 2.45) is 0 Å². The fraction of sp³-hybridized carbons (Fsp3) is 0.552. The second kappa shape index (κ2) is 13.2. The Labute approximate surface area is 198 Å². The van der Waals surface area contributed by atoms with Crippen LogP contribution in [0.1, 0.15) is 102 Å². The summed E-state index contributed by atoms with van der Waals surface area (Å²) in [4.78, 5) is 4.75. The fourth-order valence-electron chi connectivity index (χ4n) is 4.60. The molecule has 0 amide bonds. The second-order valence-electron chi connectivity index (χ2n) is 9.15. The Morgan fingerprint density at radius 1 is 0.710 bits per heavy atom. The van der Waals surface area contributed by atoms with E-state index in [-0.39, 0.29) is 0 Å². The van der Waals surface area contributed by atoms with E-state index in [2.05, 4.69) is 60.1 Å². The molecular formula is C29H40BrN. The van der Waals surface area contributed by atoms with Crippen LogP contribution >= 0.6 is 15.9 Å². The van der Waals surface area contributed by atoms with Gasteiger partial charge in [0.25, 0.3) is 0 Å². The number of rotatable bonds is 14. The number of hydrogen-bond acceptors (Lipinski definition) is 1. The Balaban J connectivity index is 1.72. The van der Waals surface area contributed by atoms with Gasteiger partial charge in [-0.3, -0.25) is 4.98 Å². The van der Waals surface area contributed by atoms with E-state index in [4.69, 9.17) is 4.98 Å². The van der Waals surface area contributed by atoms with Gasteiger partial charge in [0, 0.05) is 21.4 Å². The molecule has 1 nitrogen and oxygen atoms in total. The van der Waals surface area contributed by atoms with Gasteiger partial charge in [-0.1, -0.05) is 102 Å². The smallest absolute Gasteiger partial charge is 0.0720 e. The highest BCUT2D eigenvalue weighted by Crippen LogP contribution is 2.34. The molecule has 1 aromatic heterocycles. The first-order chi connectivity index (χ1) is 15.2. The molecule has 31 heavy (non-hydrogen) atoms. The molecule has 0 aliphatic carbocycles. The van der Waals surface area contributed by atoms with Crippen LogP contribution in [0.4, 0.5) is 0 Å². The molecule has 0 aliphatic heterocycles. The summed E-state index contributed by atoms with van der Waals surface area (Å²) in [6, 6.07) is 11.5. The molecular weight excluding hydrogens is 442 g/mol. The van der Waals surface area contributed by atoms with E-state index in [9.17, 15) is 0 Å². The number of fused-ring (bicyclic) bond motifs is 3. The summed E-state index contributed by atoms with van der Waals surface area (Å²) < 4.78 is 1.26. The zero-order valence-electron chi connectivity index (χ0n) is 19.7. The standard InChI is InChI=1S/C29H40BrN/c1-3-5-7-9-11-13-15-23-17-18-25-22-31-27-20-19-24(16-14-12-10-8-6-4-2)29(30)28(27)26(25)21-23/h17-22H,3-16H2,1-2H3. The highest BCUT2D eigenvalue weighted by atomic mass is 79.9. The van der Waals surface area contributed by atoms with Gasteiger partial charge in [0.15, 0.2) is 0 Å². The van der Waals surface area contributed by atoms with Gasteiger partial charge in [-0.05, 0) is 64.2 Å². The van der Waals surface area contributed by atoms with Crippen LogP contribution in [-0.2, 0) is 12.8 Å². The lowest BCUT2D eigenvalue weighted by molar-refractivity contribution is 0.607. The number of hydrogen-bond donors (Lipinski definition) is 0. The number of halogens is 1. The molecule has 0 bridgehead atoms. The van der Waals surface area contributed by atoms with Gasteiger partial charge in [0.05, 0.1) is 5.52 Å². The van der Waals surface area contributed by atoms with Crippen LogP contribution in [0, 0.1) is 0 Å². The third-order valence-electron chi connectivity index (χ3n) is 6.55. The summed E-state index contributed by atoms with van der Waals surface area (Å²) in [5.74, 6) is 0. The molecule has 1 heterocycles. The van der Waals surface area contributed by atoms with E-state index < -0.39 is 0 Å². The van der Waals surface area contributed by atoms with E-state index in [1.807, 2.05) is 6.20 Å². The maximum Gasteiger partial charge on any atom is 0.0720 e. The summed E-state index contributed by atoms with van der Waals surface area (Å²) in [7, 11) is 0. The first kappa shape index (κ1) is 24.2. The molecule has 3 rings (SSSR count). The SMILES string of the molecule is CCCCCCCCc1ccc2cnc3ccc(CCCCCCCC)c(Br)c3c2c1. The van der Waals surface area contributed by atoms with Crippen molar-refractivity contribution < 1.29 is 0 Å².